The lowest BCUT2D eigenvalue weighted by atomic mass is 9.34. The number of ether oxygens (including phenoxy) is 12. The molecule has 39 atom stereocenters. The Morgan fingerprint density at radius 1 is 0.521 bits per heavy atom. The van der Waals surface area contributed by atoms with Crippen LogP contribution in [0.2, 0.25) is 0 Å². The van der Waals surface area contributed by atoms with E-state index in [1.807, 2.05) is 6.92 Å². The van der Waals surface area contributed by atoms with E-state index in [2.05, 4.69) is 40.7 Å². The second-order valence-electron chi connectivity index (χ2n) is 30.8. The zero-order valence-corrected chi connectivity index (χ0v) is 55.5. The van der Waals surface area contributed by atoms with Gasteiger partial charge in [-0.05, 0) is 117 Å². The molecule has 5 aliphatic carbocycles. The molecular formula is C65H106O31. The third-order valence-electron chi connectivity index (χ3n) is 25.4. The summed E-state index contributed by atoms with van der Waals surface area (Å²) in [5.41, 5.74) is -2.05. The first-order valence-electron chi connectivity index (χ1n) is 34.3. The number of rotatable bonds is 17. The quantitative estimate of drug-likeness (QED) is 0.0369. The van der Waals surface area contributed by atoms with E-state index in [-0.39, 0.29) is 48.2 Å². The van der Waals surface area contributed by atoms with Crippen LogP contribution in [0.1, 0.15) is 113 Å². The second kappa shape index (κ2) is 28.6. The minimum Gasteiger partial charge on any atom is -0.432 e. The minimum absolute atomic E-state index is 0.0310. The summed E-state index contributed by atoms with van der Waals surface area (Å²) in [6.45, 7) is 13.1. The van der Waals surface area contributed by atoms with Crippen LogP contribution in [-0.4, -0.2) is 315 Å². The van der Waals surface area contributed by atoms with E-state index in [0.717, 1.165) is 12.0 Å². The fourth-order valence-corrected chi connectivity index (χ4v) is 19.3. The smallest absolute Gasteiger partial charge is 0.315 e. The summed E-state index contributed by atoms with van der Waals surface area (Å²) in [4.78, 5) is 15.3. The predicted octanol–water partition coefficient (Wildman–Crippen LogP) is -4.86. The number of carbonyl (C=O) groups is 1. The van der Waals surface area contributed by atoms with Gasteiger partial charge in [0.1, 0.15) is 128 Å². The second-order valence-corrected chi connectivity index (χ2v) is 30.8. The molecule has 31 nitrogen and oxygen atoms in total. The zero-order valence-electron chi connectivity index (χ0n) is 55.5. The third-order valence-corrected chi connectivity index (χ3v) is 25.4. The molecule has 0 radical (unpaired) electrons. The Hall–Kier alpha value is -1.95. The lowest BCUT2D eigenvalue weighted by molar-refractivity contribution is -0.383. The van der Waals surface area contributed by atoms with E-state index < -0.39 is 232 Å². The maximum absolute atomic E-state index is 15.3. The van der Waals surface area contributed by atoms with E-state index in [1.54, 1.807) is 0 Å². The number of allylic oxidation sites excluding steroid dienone is 2. The average molecular weight is 1380 g/mol. The first-order valence-corrected chi connectivity index (χ1v) is 34.3. The van der Waals surface area contributed by atoms with Gasteiger partial charge in [-0.25, -0.2) is 0 Å². The van der Waals surface area contributed by atoms with E-state index in [1.165, 1.54) is 13.8 Å². The normalized spacial score (nSPS) is 55.3. The van der Waals surface area contributed by atoms with Crippen LogP contribution in [-0.2, 0) is 61.6 Å². The minimum atomic E-state index is -1.92. The van der Waals surface area contributed by atoms with Gasteiger partial charge in [-0.3, -0.25) is 4.79 Å². The summed E-state index contributed by atoms with van der Waals surface area (Å²) < 4.78 is 71.4. The maximum Gasteiger partial charge on any atom is 0.315 e. The van der Waals surface area contributed by atoms with Crippen molar-refractivity contribution in [3.8, 4) is 0 Å². The van der Waals surface area contributed by atoms with Gasteiger partial charge in [0.2, 0.25) is 6.29 Å². The highest BCUT2D eigenvalue weighted by Gasteiger charge is 2.72. The van der Waals surface area contributed by atoms with Crippen LogP contribution < -0.4 is 0 Å². The van der Waals surface area contributed by atoms with E-state index >= 15 is 4.79 Å². The van der Waals surface area contributed by atoms with Crippen molar-refractivity contribution in [1.29, 1.82) is 0 Å². The lowest BCUT2D eigenvalue weighted by Crippen LogP contribution is -2.67. The maximum atomic E-state index is 15.3. The van der Waals surface area contributed by atoms with Crippen LogP contribution in [0.5, 0.6) is 0 Å². The number of aliphatic hydroxyl groups excluding tert-OH is 18. The van der Waals surface area contributed by atoms with Crippen molar-refractivity contribution in [2.45, 2.75) is 297 Å². The molecule has 10 fully saturated rings. The molecule has 0 amide bonds. The van der Waals surface area contributed by atoms with Crippen LogP contribution in [0.25, 0.3) is 0 Å². The van der Waals surface area contributed by atoms with Gasteiger partial charge < -0.3 is 149 Å². The third kappa shape index (κ3) is 12.6. The molecule has 96 heavy (non-hydrogen) atoms. The first-order chi connectivity index (χ1) is 45.2. The Kier molecular flexibility index (Phi) is 22.4. The highest BCUT2D eigenvalue weighted by molar-refractivity contribution is 5.79. The van der Waals surface area contributed by atoms with Gasteiger partial charge in [-0.1, -0.05) is 53.2 Å². The number of hydrogen-bond acceptors (Lipinski definition) is 31. The topological polar surface area (TPSA) is 492 Å². The van der Waals surface area contributed by atoms with Crippen molar-refractivity contribution in [3.05, 3.63) is 11.6 Å². The Bertz CT molecular complexity index is 2680. The molecule has 18 N–H and O–H groups in total. The SMILES string of the molecule is CC(C)[C@@H]1CC[C@]2(C(=O)O[C@@H]3O[C@H](CO[C@@H]4O[C@H](CO)[C@@H](O[C@@H]5O[C@@H](C)[C@H](O)[C@@H](O)[C@H]5O)[C@H](O)[C@H]4O)[C@H](O)[C@H](O)[C@H]3O)CC[C@]3(C)C(=CC[C@@H]4[C@@]5(C)CC[C@H](O[C@@H]6OC[C@H](O)[C@H](O)[C@H]6O[C@@H]6O[C@@H](C)[C@H](O)[C@@H](O[C@@H]7O[C@H](CO)[C@@H](O)[C@H](O)[C@H]7O)[C@H]6O)[C@@](C)(CO)[C@@H]5CC[C@]43C)[C@@H]12. The molecule has 552 valence electrons. The van der Waals surface area contributed by atoms with Gasteiger partial charge in [0, 0.05) is 5.41 Å². The molecular weight excluding hydrogens is 1280 g/mol. The lowest BCUT2D eigenvalue weighted by Gasteiger charge is -2.71. The highest BCUT2D eigenvalue weighted by atomic mass is 16.8. The highest BCUT2D eigenvalue weighted by Crippen LogP contribution is 2.77. The van der Waals surface area contributed by atoms with Crippen LogP contribution >= 0.6 is 0 Å². The number of aliphatic hydroxyl groups is 18. The molecule has 31 heteroatoms. The van der Waals surface area contributed by atoms with Gasteiger partial charge in [0.15, 0.2) is 31.5 Å². The molecule has 0 aromatic carbocycles. The molecule has 6 aliphatic heterocycles. The van der Waals surface area contributed by atoms with Gasteiger partial charge >= 0.3 is 5.97 Å². The Morgan fingerprint density at radius 2 is 1.08 bits per heavy atom. The molecule has 6 heterocycles. The number of esters is 1. The van der Waals surface area contributed by atoms with Crippen molar-refractivity contribution < 1.29 is 154 Å². The van der Waals surface area contributed by atoms with Crippen LogP contribution in [0.4, 0.5) is 0 Å². The molecule has 0 bridgehead atoms. The fraction of sp³-hybridized carbons (Fsp3) is 0.954. The summed E-state index contributed by atoms with van der Waals surface area (Å²) >= 11 is 0. The van der Waals surface area contributed by atoms with Gasteiger partial charge in [0.25, 0.3) is 0 Å². The van der Waals surface area contributed by atoms with Crippen molar-refractivity contribution in [1.82, 2.24) is 0 Å². The average Bonchev–Trinajstić information content (AvgIpc) is 0.949. The van der Waals surface area contributed by atoms with Crippen LogP contribution in [0, 0.1) is 56.7 Å². The summed E-state index contributed by atoms with van der Waals surface area (Å²) in [6, 6.07) is 0. The zero-order chi connectivity index (χ0) is 70.0. The summed E-state index contributed by atoms with van der Waals surface area (Å²) in [7, 11) is 0. The number of fused-ring (bicyclic) bond motifs is 7. The molecule has 0 aromatic rings. The molecule has 6 saturated heterocycles. The van der Waals surface area contributed by atoms with Crippen molar-refractivity contribution in [2.24, 2.45) is 56.7 Å². The fourth-order valence-electron chi connectivity index (χ4n) is 19.3. The Labute approximate surface area is 556 Å². The molecule has 0 aromatic heterocycles. The van der Waals surface area contributed by atoms with E-state index in [9.17, 15) is 91.9 Å². The molecule has 11 rings (SSSR count). The van der Waals surface area contributed by atoms with Crippen molar-refractivity contribution in [3.63, 3.8) is 0 Å². The molecule has 11 aliphatic rings. The van der Waals surface area contributed by atoms with Gasteiger partial charge in [-0.2, -0.15) is 0 Å². The first kappa shape index (κ1) is 75.2. The van der Waals surface area contributed by atoms with Gasteiger partial charge in [0.05, 0.1) is 56.8 Å². The monoisotopic (exact) mass is 1380 g/mol. The standard InChI is InChI=1S/C65H106O31/c1-24(2)27-11-16-65(60(84)96-57-48(81)44(77)41(74)32(91-57)22-86-54-49(82)45(78)51(31(20-67)90-54)93-55-46(79)42(75)37(70)25(3)87-55)18-17-63(7)28(36(27)65)9-10-34-61(5)14-13-35(62(6,23-68)33(61)12-15-64(34,63)8)92-59-53(39(72)29(69)21-85-59)95-58-50(83)52(38(71)26(4)88-58)94-56-47(80)43(76)40(73)30(19-66)89-56/h9,24-27,29-59,66-83H,10-23H2,1-8H3/t25-,26-,27-,29-,30+,31+,32+,33+,34+,35-,36+,37-,38-,39-,40+,41-,42+,43-,44-,45+,46+,47+,48+,49+,50+,51+,52+,53+,54+,55-,56-,57-,58-,59-,61-,62-,63+,64+,65-/m0/s1. The van der Waals surface area contributed by atoms with Crippen molar-refractivity contribution >= 4 is 5.97 Å². The number of carbonyl (C=O) groups excluding carboxylic acids is 1. The van der Waals surface area contributed by atoms with Gasteiger partial charge in [-0.15, -0.1) is 0 Å². The number of hydrogen-bond donors (Lipinski definition) is 18. The molecule has 0 unspecified atom stereocenters. The Balaban J connectivity index is 0.771. The molecule has 0 spiro atoms. The van der Waals surface area contributed by atoms with E-state index in [0.29, 0.717) is 51.4 Å². The van der Waals surface area contributed by atoms with E-state index in [4.69, 9.17) is 56.8 Å². The summed E-state index contributed by atoms with van der Waals surface area (Å²) in [6.07, 6.45) is -40.8. The predicted molar refractivity (Wildman–Crippen MR) is 321 cm³/mol. The summed E-state index contributed by atoms with van der Waals surface area (Å²) in [5.74, 6) is -0.869. The van der Waals surface area contributed by atoms with Crippen LogP contribution in [0.15, 0.2) is 11.6 Å². The van der Waals surface area contributed by atoms with Crippen molar-refractivity contribution in [2.75, 3.05) is 33.0 Å². The Morgan fingerprint density at radius 3 is 1.73 bits per heavy atom. The molecule has 4 saturated carbocycles. The van der Waals surface area contributed by atoms with Crippen LogP contribution in [0.3, 0.4) is 0 Å². The largest absolute Gasteiger partial charge is 0.432 e. The summed E-state index contributed by atoms with van der Waals surface area (Å²) in [5, 5.41) is 196.